The van der Waals surface area contributed by atoms with Crippen LogP contribution in [-0.2, 0) is 14.3 Å². The molecule has 3 fully saturated rings. The molecule has 4 aliphatic carbocycles. The molecule has 4 nitrogen and oxygen atoms in total. The summed E-state index contributed by atoms with van der Waals surface area (Å²) in [5.41, 5.74) is 1.50. The quantitative estimate of drug-likeness (QED) is 0.693. The Morgan fingerprint density at radius 2 is 1.97 bits per heavy atom. The summed E-state index contributed by atoms with van der Waals surface area (Å²) in [6, 6.07) is 0. The number of carbonyl (C=O) groups is 2. The average molecular weight is 403 g/mol. The predicted molar refractivity (Wildman–Crippen MR) is 112 cm³/mol. The van der Waals surface area contributed by atoms with Crippen LogP contribution >= 0.6 is 0 Å². The van der Waals surface area contributed by atoms with E-state index in [1.807, 2.05) is 6.08 Å². The van der Waals surface area contributed by atoms with E-state index in [1.165, 1.54) is 25.5 Å². The topological polar surface area (TPSA) is 63.6 Å². The van der Waals surface area contributed by atoms with Crippen LogP contribution in [0.4, 0.5) is 0 Å². The van der Waals surface area contributed by atoms with E-state index in [0.717, 1.165) is 32.1 Å². The molecule has 162 valence electrons. The minimum absolute atomic E-state index is 0.0910. The lowest BCUT2D eigenvalue weighted by atomic mass is 9.46. The normalized spacial score (nSPS) is 44.9. The molecule has 0 aromatic rings. The lowest BCUT2D eigenvalue weighted by Gasteiger charge is -2.57. The lowest BCUT2D eigenvalue weighted by molar-refractivity contribution is -0.141. The molecular weight excluding hydrogens is 364 g/mol. The first-order valence-electron chi connectivity index (χ1n) is 11.7. The van der Waals surface area contributed by atoms with Crippen molar-refractivity contribution < 1.29 is 19.4 Å². The summed E-state index contributed by atoms with van der Waals surface area (Å²) < 4.78 is 4.84. The number of hydrogen-bond acceptors (Lipinski definition) is 4. The van der Waals surface area contributed by atoms with Crippen molar-refractivity contribution >= 4 is 11.8 Å². The van der Waals surface area contributed by atoms with Gasteiger partial charge in [0, 0.05) is 12.3 Å². The number of ketones is 1. The predicted octanol–water partition coefficient (Wildman–Crippen LogP) is 4.69. The number of allylic oxidation sites excluding steroid dienone is 1. The van der Waals surface area contributed by atoms with E-state index < -0.39 is 0 Å². The Hall–Kier alpha value is -1.16. The standard InChI is InChI=1S/C25H38O4/c1-15(5-8-22(28)29-4)18-6-7-19-23-20(10-12-25(18,19)3)24(2)11-9-17(26)13-16(24)14-21(23)27/h14-15,17-20,23,26H,5-13H2,1-4H3/t15-,17+,18-,19+,20+,23+,24+,25-/m1/s1. The second-order valence-electron chi connectivity index (χ2n) is 10.9. The van der Waals surface area contributed by atoms with E-state index >= 15 is 0 Å². The van der Waals surface area contributed by atoms with E-state index in [2.05, 4.69) is 20.8 Å². The summed E-state index contributed by atoms with van der Waals surface area (Å²) in [5, 5.41) is 10.2. The maximum absolute atomic E-state index is 13.3. The summed E-state index contributed by atoms with van der Waals surface area (Å²) >= 11 is 0. The third kappa shape index (κ3) is 3.30. The molecule has 4 heteroatoms. The van der Waals surface area contributed by atoms with E-state index in [0.29, 0.717) is 42.3 Å². The van der Waals surface area contributed by atoms with Crippen LogP contribution in [0.3, 0.4) is 0 Å². The third-order valence-electron chi connectivity index (χ3n) is 9.71. The molecular formula is C25H38O4. The number of ether oxygens (including phenoxy) is 1. The molecule has 1 N–H and O–H groups in total. The van der Waals surface area contributed by atoms with Gasteiger partial charge in [0.2, 0.25) is 0 Å². The zero-order chi connectivity index (χ0) is 21.0. The average Bonchev–Trinajstić information content (AvgIpc) is 3.04. The van der Waals surface area contributed by atoms with Crippen LogP contribution in [0.2, 0.25) is 0 Å². The number of esters is 1. The highest BCUT2D eigenvalue weighted by Crippen LogP contribution is 2.66. The molecule has 3 saturated carbocycles. The lowest BCUT2D eigenvalue weighted by Crippen LogP contribution is -2.53. The van der Waals surface area contributed by atoms with E-state index in [4.69, 9.17) is 4.74 Å². The van der Waals surface area contributed by atoms with Gasteiger partial charge in [0.25, 0.3) is 0 Å². The van der Waals surface area contributed by atoms with Gasteiger partial charge in [-0.15, -0.1) is 0 Å². The highest BCUT2D eigenvalue weighted by molar-refractivity contribution is 5.94. The first-order chi connectivity index (χ1) is 13.7. The summed E-state index contributed by atoms with van der Waals surface area (Å²) in [4.78, 5) is 25.0. The maximum atomic E-state index is 13.3. The Morgan fingerprint density at radius 1 is 1.21 bits per heavy atom. The van der Waals surface area contributed by atoms with Crippen LogP contribution in [0.1, 0.15) is 78.6 Å². The minimum atomic E-state index is -0.279. The third-order valence-corrected chi connectivity index (χ3v) is 9.71. The Kier molecular flexibility index (Phi) is 5.46. The van der Waals surface area contributed by atoms with Crippen molar-refractivity contribution in [3.05, 3.63) is 11.6 Å². The van der Waals surface area contributed by atoms with Crippen LogP contribution in [0.15, 0.2) is 11.6 Å². The fourth-order valence-corrected chi connectivity index (χ4v) is 8.01. The minimum Gasteiger partial charge on any atom is -0.469 e. The molecule has 0 aromatic carbocycles. The zero-order valence-corrected chi connectivity index (χ0v) is 18.6. The van der Waals surface area contributed by atoms with E-state index in [1.54, 1.807) is 0 Å². The van der Waals surface area contributed by atoms with Gasteiger partial charge in [-0.3, -0.25) is 9.59 Å². The fourth-order valence-electron chi connectivity index (χ4n) is 8.01. The van der Waals surface area contributed by atoms with Crippen molar-refractivity contribution in [1.29, 1.82) is 0 Å². The number of carbonyl (C=O) groups excluding carboxylic acids is 2. The van der Waals surface area contributed by atoms with Crippen LogP contribution < -0.4 is 0 Å². The molecule has 0 aromatic heterocycles. The molecule has 0 radical (unpaired) electrons. The van der Waals surface area contributed by atoms with Crippen molar-refractivity contribution in [3.8, 4) is 0 Å². The fraction of sp³-hybridized carbons (Fsp3) is 0.840. The molecule has 0 bridgehead atoms. The zero-order valence-electron chi connectivity index (χ0n) is 18.6. The number of aliphatic hydroxyl groups is 1. The Balaban J connectivity index is 1.57. The highest BCUT2D eigenvalue weighted by atomic mass is 16.5. The molecule has 0 saturated heterocycles. The second-order valence-corrected chi connectivity index (χ2v) is 10.9. The molecule has 0 unspecified atom stereocenters. The molecule has 4 rings (SSSR count). The molecule has 0 amide bonds. The van der Waals surface area contributed by atoms with Crippen LogP contribution in [0.5, 0.6) is 0 Å². The number of rotatable bonds is 4. The van der Waals surface area contributed by atoms with Gasteiger partial charge in [-0.1, -0.05) is 26.3 Å². The first kappa shape index (κ1) is 21.1. The van der Waals surface area contributed by atoms with Crippen molar-refractivity contribution in [2.24, 2.45) is 40.4 Å². The Morgan fingerprint density at radius 3 is 2.69 bits per heavy atom. The molecule has 4 aliphatic rings. The Labute approximate surface area is 175 Å². The van der Waals surface area contributed by atoms with Crippen molar-refractivity contribution in [2.75, 3.05) is 7.11 Å². The smallest absolute Gasteiger partial charge is 0.305 e. The van der Waals surface area contributed by atoms with Crippen molar-refractivity contribution in [3.63, 3.8) is 0 Å². The van der Waals surface area contributed by atoms with Crippen LogP contribution in [-0.4, -0.2) is 30.1 Å². The number of aliphatic hydroxyl groups excluding tert-OH is 1. The summed E-state index contributed by atoms with van der Waals surface area (Å²) in [6.07, 6.45) is 10.2. The van der Waals surface area contributed by atoms with Gasteiger partial charge in [0.05, 0.1) is 13.2 Å². The largest absolute Gasteiger partial charge is 0.469 e. The summed E-state index contributed by atoms with van der Waals surface area (Å²) in [5.74, 6) is 2.31. The van der Waals surface area contributed by atoms with E-state index in [9.17, 15) is 14.7 Å². The van der Waals surface area contributed by atoms with Crippen LogP contribution in [0.25, 0.3) is 0 Å². The number of hydrogen-bond donors (Lipinski definition) is 1. The van der Waals surface area contributed by atoms with E-state index in [-0.39, 0.29) is 28.8 Å². The molecule has 29 heavy (non-hydrogen) atoms. The van der Waals surface area contributed by atoms with Crippen LogP contribution in [0, 0.1) is 40.4 Å². The molecule has 0 aliphatic heterocycles. The van der Waals surface area contributed by atoms with Crippen molar-refractivity contribution in [2.45, 2.75) is 84.7 Å². The second kappa shape index (κ2) is 7.51. The maximum Gasteiger partial charge on any atom is 0.305 e. The first-order valence-corrected chi connectivity index (χ1v) is 11.7. The highest BCUT2D eigenvalue weighted by Gasteiger charge is 2.61. The summed E-state index contributed by atoms with van der Waals surface area (Å²) in [7, 11) is 1.46. The summed E-state index contributed by atoms with van der Waals surface area (Å²) in [6.45, 7) is 7.08. The molecule has 0 heterocycles. The van der Waals surface area contributed by atoms with Gasteiger partial charge in [0.1, 0.15) is 0 Å². The van der Waals surface area contributed by atoms with Gasteiger partial charge >= 0.3 is 5.97 Å². The Bertz CT molecular complexity index is 712. The van der Waals surface area contributed by atoms with Crippen molar-refractivity contribution in [1.82, 2.24) is 0 Å². The molecule has 8 atom stereocenters. The van der Waals surface area contributed by atoms with Gasteiger partial charge in [0.15, 0.2) is 5.78 Å². The van der Waals surface area contributed by atoms with Gasteiger partial charge < -0.3 is 9.84 Å². The monoisotopic (exact) mass is 402 g/mol. The van der Waals surface area contributed by atoms with Gasteiger partial charge in [-0.2, -0.15) is 0 Å². The molecule has 0 spiro atoms. The number of methoxy groups -OCH3 is 1. The van der Waals surface area contributed by atoms with Gasteiger partial charge in [-0.25, -0.2) is 0 Å². The SMILES string of the molecule is COC(=O)CC[C@@H](C)[C@H]1CC[C@H]2[C@@H]3C(=O)C=C4C[C@@H](O)CC[C@]4(C)[C@H]3CC[C@]12C. The van der Waals surface area contributed by atoms with Gasteiger partial charge in [-0.05, 0) is 91.9 Å². The number of fused-ring (bicyclic) bond motifs is 5.